The fourth-order valence-corrected chi connectivity index (χ4v) is 10.1. The summed E-state index contributed by atoms with van der Waals surface area (Å²) in [4.78, 5) is 0. The van der Waals surface area contributed by atoms with Gasteiger partial charge in [-0.15, -0.1) is 6.32 Å². The Morgan fingerprint density at radius 2 is 0.565 bits per heavy atom. The van der Waals surface area contributed by atoms with E-state index in [4.69, 9.17) is 0 Å². The van der Waals surface area contributed by atoms with Crippen LogP contribution in [-0.2, 0) is 6.32 Å². The highest BCUT2D eigenvalue weighted by Crippen LogP contribution is 2.51. The van der Waals surface area contributed by atoms with Gasteiger partial charge in [0.15, 0.2) is 0 Å². The van der Waals surface area contributed by atoms with E-state index in [0.29, 0.717) is 0 Å². The van der Waals surface area contributed by atoms with Gasteiger partial charge in [-0.2, -0.15) is 16.4 Å². The molecule has 7 rings (SSSR count). The minimum absolute atomic E-state index is 0.985. The van der Waals surface area contributed by atoms with Crippen LogP contribution in [0.3, 0.4) is 0 Å². The Bertz CT molecular complexity index is 1690. The van der Waals surface area contributed by atoms with Gasteiger partial charge in [-0.3, -0.25) is 0 Å². The molecular weight excluding hydrogens is 570 g/mol. The maximum absolute atomic E-state index is 2.41. The van der Waals surface area contributed by atoms with E-state index in [-0.39, 0.29) is 0 Å². The van der Waals surface area contributed by atoms with Crippen molar-refractivity contribution >= 4 is 45.7 Å². The minimum Gasteiger partial charge on any atom is -0.200 e. The fourth-order valence-electron chi connectivity index (χ4n) is 6.87. The van der Waals surface area contributed by atoms with Crippen LogP contribution in [0.5, 0.6) is 0 Å². The summed E-state index contributed by atoms with van der Waals surface area (Å²) >= 11 is 0. The standard InChI is InChI=1S/C25H22B.C19H18P/c1-5-13-22(14-6-1)21-26(23-15-7-2-8-16-23,24-17-9-3-10-18-24)25-19-11-4-12-20-25;1-20(17-11-5-2-6-12-17,18-13-7-3-8-14-18)19-15-9-4-10-16-19/h1-20H,21H2;2-16H,1H3/q-1;+1. The number of hydrogen-bond acceptors (Lipinski definition) is 0. The van der Waals surface area contributed by atoms with Crippen molar-refractivity contribution in [3.8, 4) is 0 Å². The highest BCUT2D eigenvalue weighted by molar-refractivity contribution is 7.95. The van der Waals surface area contributed by atoms with Gasteiger partial charge in [-0.25, -0.2) is 0 Å². The molecule has 0 nitrogen and oxygen atoms in total. The minimum atomic E-state index is -1.53. The van der Waals surface area contributed by atoms with Crippen molar-refractivity contribution in [2.45, 2.75) is 6.32 Å². The van der Waals surface area contributed by atoms with Gasteiger partial charge in [0.05, 0.1) is 12.8 Å². The molecule has 2 heteroatoms. The normalized spacial score (nSPS) is 11.2. The molecule has 0 radical (unpaired) electrons. The molecule has 0 bridgehead atoms. The lowest BCUT2D eigenvalue weighted by Gasteiger charge is -2.43. The predicted molar refractivity (Wildman–Crippen MR) is 205 cm³/mol. The molecule has 224 valence electrons. The molecule has 0 spiro atoms. The second-order valence-electron chi connectivity index (χ2n) is 12.0. The zero-order chi connectivity index (χ0) is 31.5. The topological polar surface area (TPSA) is 0 Å². The quantitative estimate of drug-likeness (QED) is 0.123. The lowest BCUT2D eigenvalue weighted by Crippen LogP contribution is -2.68. The third kappa shape index (κ3) is 6.67. The Kier molecular flexibility index (Phi) is 10.0. The zero-order valence-corrected chi connectivity index (χ0v) is 27.3. The Balaban J connectivity index is 0.000000167. The van der Waals surface area contributed by atoms with Gasteiger partial charge in [-0.05, 0) is 36.4 Å². The molecule has 0 saturated heterocycles. The molecule has 0 N–H and O–H groups in total. The molecule has 0 fully saturated rings. The van der Waals surface area contributed by atoms with Gasteiger partial charge in [0, 0.05) is 0 Å². The molecule has 0 atom stereocenters. The Hall–Kier alpha value is -4.97. The number of benzene rings is 7. The van der Waals surface area contributed by atoms with Crippen LogP contribution >= 0.6 is 7.26 Å². The molecule has 0 aliphatic rings. The summed E-state index contributed by atoms with van der Waals surface area (Å²) in [6.07, 6.45) is -0.109. The first-order valence-electron chi connectivity index (χ1n) is 16.1. The van der Waals surface area contributed by atoms with Crippen molar-refractivity contribution in [2.24, 2.45) is 0 Å². The van der Waals surface area contributed by atoms with Crippen LogP contribution in [0.15, 0.2) is 212 Å². The van der Waals surface area contributed by atoms with Gasteiger partial charge < -0.3 is 0 Å². The molecule has 0 saturated carbocycles. The van der Waals surface area contributed by atoms with E-state index in [0.717, 1.165) is 6.32 Å². The smallest absolute Gasteiger partial charge is 0.109 e. The highest BCUT2D eigenvalue weighted by atomic mass is 31.2. The maximum atomic E-state index is 2.41. The SMILES string of the molecule is C[P+](c1ccccc1)(c1ccccc1)c1ccccc1.c1ccc(C[B-](c2ccccc2)(c2ccccc2)c2ccccc2)cc1. The second-order valence-corrected chi connectivity index (χ2v) is 15.5. The largest absolute Gasteiger partial charge is 0.200 e. The first kappa shape index (κ1) is 31.0. The van der Waals surface area contributed by atoms with Gasteiger partial charge in [-0.1, -0.05) is 181 Å². The second kappa shape index (κ2) is 14.9. The average Bonchev–Trinajstić information content (AvgIpc) is 3.16. The van der Waals surface area contributed by atoms with Gasteiger partial charge in [0.2, 0.25) is 0 Å². The van der Waals surface area contributed by atoms with E-state index in [1.807, 2.05) is 0 Å². The Morgan fingerprint density at radius 3 is 0.848 bits per heavy atom. The van der Waals surface area contributed by atoms with Gasteiger partial charge in [0.1, 0.15) is 23.2 Å². The van der Waals surface area contributed by atoms with E-state index in [1.165, 1.54) is 37.9 Å². The van der Waals surface area contributed by atoms with Crippen molar-refractivity contribution in [1.29, 1.82) is 0 Å². The first-order valence-corrected chi connectivity index (χ1v) is 18.4. The van der Waals surface area contributed by atoms with Crippen LogP contribution in [0.2, 0.25) is 0 Å². The van der Waals surface area contributed by atoms with Crippen LogP contribution < -0.4 is 32.3 Å². The highest BCUT2D eigenvalue weighted by Gasteiger charge is 2.39. The maximum Gasteiger partial charge on any atom is 0.109 e. The fraction of sp³-hybridized carbons (Fsp3) is 0.0455. The van der Waals surface area contributed by atoms with Crippen molar-refractivity contribution in [2.75, 3.05) is 6.66 Å². The predicted octanol–water partition coefficient (Wildman–Crippen LogP) is 7.55. The first-order chi connectivity index (χ1) is 22.7. The molecular formula is C44H40BP. The Labute approximate surface area is 275 Å². The molecule has 7 aromatic rings. The summed E-state index contributed by atoms with van der Waals surface area (Å²) in [5.74, 6) is 0. The van der Waals surface area contributed by atoms with E-state index >= 15 is 0 Å². The van der Waals surface area contributed by atoms with Crippen LogP contribution in [0.4, 0.5) is 0 Å². The third-order valence-corrected chi connectivity index (χ3v) is 13.3. The van der Waals surface area contributed by atoms with E-state index in [1.54, 1.807) is 0 Å². The van der Waals surface area contributed by atoms with Crippen molar-refractivity contribution in [1.82, 2.24) is 0 Å². The van der Waals surface area contributed by atoms with Crippen LogP contribution in [0.25, 0.3) is 0 Å². The van der Waals surface area contributed by atoms with Crippen molar-refractivity contribution < 1.29 is 0 Å². The summed E-state index contributed by atoms with van der Waals surface area (Å²) in [6, 6.07) is 76.4. The molecule has 0 aromatic heterocycles. The average molecular weight is 611 g/mol. The lowest BCUT2D eigenvalue weighted by molar-refractivity contribution is 1.35. The van der Waals surface area contributed by atoms with E-state index < -0.39 is 13.4 Å². The van der Waals surface area contributed by atoms with Crippen LogP contribution in [0, 0.1) is 0 Å². The molecule has 0 amide bonds. The Morgan fingerprint density at radius 1 is 0.326 bits per heavy atom. The van der Waals surface area contributed by atoms with E-state index in [2.05, 4.69) is 219 Å². The molecule has 0 heterocycles. The van der Waals surface area contributed by atoms with Crippen LogP contribution in [0.1, 0.15) is 5.56 Å². The summed E-state index contributed by atoms with van der Waals surface area (Å²) in [5, 5.41) is 4.28. The number of rotatable bonds is 8. The summed E-state index contributed by atoms with van der Waals surface area (Å²) in [5.41, 5.74) is 5.51. The van der Waals surface area contributed by atoms with Crippen LogP contribution in [-0.4, -0.2) is 12.8 Å². The van der Waals surface area contributed by atoms with Crippen molar-refractivity contribution in [3.63, 3.8) is 0 Å². The summed E-state index contributed by atoms with van der Waals surface area (Å²) in [7, 11) is -1.53. The van der Waals surface area contributed by atoms with E-state index in [9.17, 15) is 0 Å². The van der Waals surface area contributed by atoms with Crippen molar-refractivity contribution in [3.05, 3.63) is 218 Å². The monoisotopic (exact) mass is 610 g/mol. The number of hydrogen-bond donors (Lipinski definition) is 0. The molecule has 0 aliphatic heterocycles. The third-order valence-electron chi connectivity index (χ3n) is 9.31. The molecule has 7 aromatic carbocycles. The molecule has 0 unspecified atom stereocenters. The van der Waals surface area contributed by atoms with Gasteiger partial charge in [0.25, 0.3) is 0 Å². The molecule has 46 heavy (non-hydrogen) atoms. The summed E-state index contributed by atoms with van der Waals surface area (Å²) < 4.78 is 0. The van der Waals surface area contributed by atoms with Gasteiger partial charge >= 0.3 is 0 Å². The zero-order valence-electron chi connectivity index (χ0n) is 26.4. The molecule has 0 aliphatic carbocycles. The lowest BCUT2D eigenvalue weighted by atomic mass is 9.14. The summed E-state index contributed by atoms with van der Waals surface area (Å²) in [6.45, 7) is 2.41.